The summed E-state index contributed by atoms with van der Waals surface area (Å²) in [4.78, 5) is 4.58. The normalized spacial score (nSPS) is 11.2. The molecule has 0 atom stereocenters. The number of hydrogen-bond acceptors (Lipinski definition) is 5. The average molecular weight is 332 g/mol. The molecule has 0 N–H and O–H groups in total. The van der Waals surface area contributed by atoms with Crippen molar-refractivity contribution in [1.82, 2.24) is 4.98 Å². The highest BCUT2D eigenvalue weighted by Crippen LogP contribution is 2.27. The maximum atomic E-state index is 12.4. The van der Waals surface area contributed by atoms with Crippen molar-refractivity contribution in [3.63, 3.8) is 0 Å². The first-order valence-corrected chi connectivity index (χ1v) is 9.28. The third kappa shape index (κ3) is 3.67. The van der Waals surface area contributed by atoms with Crippen LogP contribution in [-0.4, -0.2) is 18.5 Å². The molecule has 4 nitrogen and oxygen atoms in total. The molecule has 1 aromatic heterocycles. The van der Waals surface area contributed by atoms with E-state index in [1.807, 2.05) is 26.8 Å². The van der Waals surface area contributed by atoms with E-state index in [0.717, 1.165) is 28.6 Å². The van der Waals surface area contributed by atoms with Crippen molar-refractivity contribution in [2.45, 2.75) is 30.7 Å². The van der Waals surface area contributed by atoms with Crippen LogP contribution in [0, 0.1) is 32.1 Å². The van der Waals surface area contributed by atoms with E-state index in [0.29, 0.717) is 10.6 Å². The lowest BCUT2D eigenvalue weighted by atomic mass is 10.1. The first-order valence-electron chi connectivity index (χ1n) is 6.64. The fraction of sp³-hybridized carbons (Fsp3) is 0.250. The molecular weight excluding hydrogens is 316 g/mol. The van der Waals surface area contributed by atoms with Crippen LogP contribution >= 0.6 is 11.8 Å². The van der Waals surface area contributed by atoms with Crippen molar-refractivity contribution in [1.29, 1.82) is 5.26 Å². The van der Waals surface area contributed by atoms with Gasteiger partial charge in [0.2, 0.25) is 0 Å². The van der Waals surface area contributed by atoms with Crippen LogP contribution in [0.2, 0.25) is 0 Å². The number of thioether (sulfide) groups is 1. The second-order valence-electron chi connectivity index (χ2n) is 5.06. The highest BCUT2D eigenvalue weighted by atomic mass is 32.3. The molecule has 114 valence electrons. The minimum absolute atomic E-state index is 0.138. The largest absolute Gasteiger partial charge is 0.245 e. The van der Waals surface area contributed by atoms with Crippen molar-refractivity contribution in [3.8, 4) is 6.07 Å². The van der Waals surface area contributed by atoms with Crippen molar-refractivity contribution in [2.24, 2.45) is 0 Å². The molecule has 0 bridgehead atoms. The SMILES string of the molecule is Cc1ccc(S(=O)(=O)CSc2nc(C)cc(C)c2C#N)cc1. The molecule has 0 amide bonds. The maximum absolute atomic E-state index is 12.4. The fourth-order valence-corrected chi connectivity index (χ4v) is 4.71. The van der Waals surface area contributed by atoms with Crippen LogP contribution in [0.1, 0.15) is 22.4 Å². The zero-order chi connectivity index (χ0) is 16.3. The van der Waals surface area contributed by atoms with Gasteiger partial charge in [0.25, 0.3) is 0 Å². The molecule has 0 radical (unpaired) electrons. The van der Waals surface area contributed by atoms with Gasteiger partial charge < -0.3 is 0 Å². The number of benzene rings is 1. The Labute approximate surface area is 135 Å². The molecule has 2 aromatic rings. The van der Waals surface area contributed by atoms with E-state index < -0.39 is 9.84 Å². The average Bonchev–Trinajstić information content (AvgIpc) is 2.45. The number of nitriles is 1. The molecule has 0 saturated carbocycles. The summed E-state index contributed by atoms with van der Waals surface area (Å²) in [6.45, 7) is 5.56. The summed E-state index contributed by atoms with van der Waals surface area (Å²) < 4.78 is 24.7. The number of aromatic nitrogens is 1. The molecule has 0 saturated heterocycles. The highest BCUT2D eigenvalue weighted by molar-refractivity contribution is 8.12. The lowest BCUT2D eigenvalue weighted by Gasteiger charge is -2.08. The van der Waals surface area contributed by atoms with Gasteiger partial charge in [-0.1, -0.05) is 29.5 Å². The van der Waals surface area contributed by atoms with Crippen LogP contribution in [0.5, 0.6) is 0 Å². The molecule has 0 spiro atoms. The summed E-state index contributed by atoms with van der Waals surface area (Å²) in [6.07, 6.45) is 0. The van der Waals surface area contributed by atoms with Crippen LogP contribution in [0.3, 0.4) is 0 Å². The number of aryl methyl sites for hydroxylation is 3. The summed E-state index contributed by atoms with van der Waals surface area (Å²) in [5.41, 5.74) is 3.03. The lowest BCUT2D eigenvalue weighted by Crippen LogP contribution is -2.05. The van der Waals surface area contributed by atoms with Gasteiger partial charge in [-0.15, -0.1) is 0 Å². The van der Waals surface area contributed by atoms with Crippen LogP contribution in [0.4, 0.5) is 0 Å². The number of sulfone groups is 1. The maximum Gasteiger partial charge on any atom is 0.188 e. The van der Waals surface area contributed by atoms with Crippen LogP contribution in [-0.2, 0) is 9.84 Å². The summed E-state index contributed by atoms with van der Waals surface area (Å²) in [6, 6.07) is 10.7. The predicted molar refractivity (Wildman–Crippen MR) is 87.5 cm³/mol. The van der Waals surface area contributed by atoms with Gasteiger partial charge in [-0.25, -0.2) is 13.4 Å². The van der Waals surface area contributed by atoms with Gasteiger partial charge in [-0.3, -0.25) is 0 Å². The van der Waals surface area contributed by atoms with E-state index >= 15 is 0 Å². The fourth-order valence-electron chi connectivity index (χ4n) is 1.99. The molecule has 0 aliphatic carbocycles. The second-order valence-corrected chi connectivity index (χ2v) is 8.38. The third-order valence-electron chi connectivity index (χ3n) is 3.15. The molecule has 1 aromatic carbocycles. The predicted octanol–water partition coefficient (Wildman–Crippen LogP) is 3.40. The Bertz CT molecular complexity index is 836. The topological polar surface area (TPSA) is 70.8 Å². The van der Waals surface area contributed by atoms with Gasteiger partial charge in [-0.2, -0.15) is 5.26 Å². The number of rotatable bonds is 4. The number of pyridine rings is 1. The Kier molecular flexibility index (Phi) is 4.89. The zero-order valence-electron chi connectivity index (χ0n) is 12.6. The Hall–Kier alpha value is -1.84. The molecular formula is C16H16N2O2S2. The van der Waals surface area contributed by atoms with E-state index in [2.05, 4.69) is 11.1 Å². The van der Waals surface area contributed by atoms with Gasteiger partial charge in [0, 0.05) is 5.69 Å². The summed E-state index contributed by atoms with van der Waals surface area (Å²) >= 11 is 1.08. The highest BCUT2D eigenvalue weighted by Gasteiger charge is 2.17. The summed E-state index contributed by atoms with van der Waals surface area (Å²) in [5.74, 6) is 0. The van der Waals surface area contributed by atoms with Crippen molar-refractivity contribution in [2.75, 3.05) is 5.08 Å². The number of nitrogens with zero attached hydrogens (tertiary/aromatic N) is 2. The van der Waals surface area contributed by atoms with Crippen molar-refractivity contribution in [3.05, 3.63) is 52.7 Å². The smallest absolute Gasteiger partial charge is 0.188 e. The molecule has 0 aliphatic heterocycles. The summed E-state index contributed by atoms with van der Waals surface area (Å²) in [7, 11) is -3.41. The zero-order valence-corrected chi connectivity index (χ0v) is 14.3. The Balaban J connectivity index is 2.27. The standard InChI is InChI=1S/C16H16N2O2S2/c1-11-4-6-14(7-5-11)22(19,20)10-21-16-15(9-17)12(2)8-13(3)18-16/h4-8H,10H2,1-3H3. The molecule has 0 unspecified atom stereocenters. The van der Waals surface area contributed by atoms with Gasteiger partial charge in [-0.05, 0) is 44.5 Å². The Morgan fingerprint density at radius 3 is 2.41 bits per heavy atom. The van der Waals surface area contributed by atoms with Crippen LogP contribution in [0.25, 0.3) is 0 Å². The molecule has 0 aliphatic rings. The minimum Gasteiger partial charge on any atom is -0.245 e. The van der Waals surface area contributed by atoms with Gasteiger partial charge in [0.1, 0.15) is 16.2 Å². The quantitative estimate of drug-likeness (QED) is 0.803. The van der Waals surface area contributed by atoms with E-state index in [9.17, 15) is 13.7 Å². The van der Waals surface area contributed by atoms with Crippen LogP contribution in [0.15, 0.2) is 40.3 Å². The van der Waals surface area contributed by atoms with Crippen molar-refractivity contribution >= 4 is 21.6 Å². The summed E-state index contributed by atoms with van der Waals surface area (Å²) in [5, 5.41) is 9.54. The molecule has 0 fully saturated rings. The van der Waals surface area contributed by atoms with E-state index in [1.54, 1.807) is 24.3 Å². The minimum atomic E-state index is -3.41. The van der Waals surface area contributed by atoms with E-state index in [-0.39, 0.29) is 9.98 Å². The van der Waals surface area contributed by atoms with E-state index in [4.69, 9.17) is 0 Å². The number of hydrogen-bond donors (Lipinski definition) is 0. The Morgan fingerprint density at radius 1 is 1.18 bits per heavy atom. The Morgan fingerprint density at radius 2 is 1.82 bits per heavy atom. The molecule has 22 heavy (non-hydrogen) atoms. The first kappa shape index (κ1) is 16.5. The first-order chi connectivity index (χ1) is 10.3. The third-order valence-corrected chi connectivity index (χ3v) is 6.43. The van der Waals surface area contributed by atoms with Gasteiger partial charge in [0.05, 0.1) is 10.5 Å². The van der Waals surface area contributed by atoms with Crippen LogP contribution < -0.4 is 0 Å². The molecule has 1 heterocycles. The van der Waals surface area contributed by atoms with Gasteiger partial charge in [0.15, 0.2) is 9.84 Å². The van der Waals surface area contributed by atoms with Gasteiger partial charge >= 0.3 is 0 Å². The molecule has 2 rings (SSSR count). The van der Waals surface area contributed by atoms with E-state index in [1.165, 1.54) is 0 Å². The monoisotopic (exact) mass is 332 g/mol. The lowest BCUT2D eigenvalue weighted by molar-refractivity contribution is 0.600. The molecule has 6 heteroatoms. The van der Waals surface area contributed by atoms with Crippen molar-refractivity contribution < 1.29 is 8.42 Å². The second kappa shape index (κ2) is 6.51.